The first kappa shape index (κ1) is 20.9. The van der Waals surface area contributed by atoms with Gasteiger partial charge < -0.3 is 19.5 Å². The Hall–Kier alpha value is -4.34. The van der Waals surface area contributed by atoms with Crippen LogP contribution in [0.15, 0.2) is 48.8 Å². The number of amides is 1. The fraction of sp³-hybridized carbons (Fsp3) is 0.182. The molecule has 10 heteroatoms. The number of esters is 1. The van der Waals surface area contributed by atoms with E-state index < -0.39 is 11.9 Å². The average molecular weight is 435 g/mol. The molecule has 3 aromatic heterocycles. The van der Waals surface area contributed by atoms with Crippen molar-refractivity contribution in [3.63, 3.8) is 0 Å². The summed E-state index contributed by atoms with van der Waals surface area (Å²) in [6.07, 6.45) is 3.08. The van der Waals surface area contributed by atoms with Gasteiger partial charge in [0.05, 0.1) is 38.2 Å². The van der Waals surface area contributed by atoms with Crippen LogP contribution in [-0.2, 0) is 4.74 Å². The van der Waals surface area contributed by atoms with E-state index in [1.165, 1.54) is 10.7 Å². The number of carbonyl (C=O) groups excluding carboxylic acids is 2. The van der Waals surface area contributed by atoms with Crippen molar-refractivity contribution < 1.29 is 23.8 Å². The van der Waals surface area contributed by atoms with Gasteiger partial charge in [0.25, 0.3) is 5.91 Å². The van der Waals surface area contributed by atoms with Crippen molar-refractivity contribution in [2.45, 2.75) is 6.92 Å². The van der Waals surface area contributed by atoms with E-state index >= 15 is 0 Å². The number of carbonyl (C=O) groups is 2. The highest BCUT2D eigenvalue weighted by Gasteiger charge is 2.17. The van der Waals surface area contributed by atoms with E-state index in [4.69, 9.17) is 14.2 Å². The molecule has 4 rings (SSSR count). The highest BCUT2D eigenvalue weighted by molar-refractivity contribution is 6.04. The molecule has 0 fully saturated rings. The van der Waals surface area contributed by atoms with E-state index in [-0.39, 0.29) is 12.3 Å². The number of methoxy groups -OCH3 is 2. The number of fused-ring (bicyclic) bond motifs is 1. The van der Waals surface area contributed by atoms with Gasteiger partial charge in [-0.1, -0.05) is 0 Å². The number of aromatic amines is 1. The van der Waals surface area contributed by atoms with E-state index in [1.807, 2.05) is 0 Å². The molecule has 32 heavy (non-hydrogen) atoms. The molecular formula is C22H21N5O5. The van der Waals surface area contributed by atoms with Gasteiger partial charge in [0.2, 0.25) is 0 Å². The van der Waals surface area contributed by atoms with E-state index in [9.17, 15) is 9.59 Å². The Morgan fingerprint density at radius 1 is 1.12 bits per heavy atom. The number of benzene rings is 1. The molecule has 0 bridgehead atoms. The Bertz CT molecular complexity index is 1290. The topological polar surface area (TPSA) is 120 Å². The van der Waals surface area contributed by atoms with Gasteiger partial charge in [-0.25, -0.2) is 9.31 Å². The molecule has 4 aromatic rings. The number of aromatic nitrogens is 4. The third kappa shape index (κ3) is 3.97. The van der Waals surface area contributed by atoms with Crippen LogP contribution in [0.3, 0.4) is 0 Å². The standard InChI is InChI=1S/C22H21N5O5/c1-4-32-22(29)16-12-23-27-8-7-13(9-19(16)27)24-21(28)18-11-17(25-26-18)15-10-14(30-2)5-6-20(15)31-3/h5-12H,4H2,1-3H3,(H,24,28)(H,25,26). The SMILES string of the molecule is CCOC(=O)c1cnn2ccc(NC(=O)c3cc(-c4cc(OC)ccc4OC)n[nH]3)cc12. The second-order valence-electron chi connectivity index (χ2n) is 6.71. The second-order valence-corrected chi connectivity index (χ2v) is 6.71. The summed E-state index contributed by atoms with van der Waals surface area (Å²) >= 11 is 0. The van der Waals surface area contributed by atoms with Crippen LogP contribution in [0.4, 0.5) is 5.69 Å². The van der Waals surface area contributed by atoms with Crippen molar-refractivity contribution in [3.05, 3.63) is 60.0 Å². The number of pyridine rings is 1. The van der Waals surface area contributed by atoms with Gasteiger partial charge in [0, 0.05) is 17.4 Å². The van der Waals surface area contributed by atoms with Gasteiger partial charge in [-0.2, -0.15) is 10.2 Å². The van der Waals surface area contributed by atoms with E-state index in [0.29, 0.717) is 39.5 Å². The average Bonchev–Trinajstić information content (AvgIpc) is 3.46. The molecule has 0 aliphatic rings. The first-order chi connectivity index (χ1) is 15.5. The molecule has 0 saturated carbocycles. The molecule has 164 valence electrons. The summed E-state index contributed by atoms with van der Waals surface area (Å²) in [5.74, 6) is 0.367. The quantitative estimate of drug-likeness (QED) is 0.428. The first-order valence-corrected chi connectivity index (χ1v) is 9.77. The fourth-order valence-corrected chi connectivity index (χ4v) is 3.21. The summed E-state index contributed by atoms with van der Waals surface area (Å²) in [5, 5.41) is 13.9. The summed E-state index contributed by atoms with van der Waals surface area (Å²) in [6, 6.07) is 10.3. The summed E-state index contributed by atoms with van der Waals surface area (Å²) in [6.45, 7) is 1.99. The van der Waals surface area contributed by atoms with Gasteiger partial charge in [-0.05, 0) is 43.3 Å². The monoisotopic (exact) mass is 435 g/mol. The highest BCUT2D eigenvalue weighted by Crippen LogP contribution is 2.32. The lowest BCUT2D eigenvalue weighted by molar-refractivity contribution is 0.0528. The minimum atomic E-state index is -0.476. The maximum Gasteiger partial charge on any atom is 0.341 e. The zero-order chi connectivity index (χ0) is 22.7. The zero-order valence-corrected chi connectivity index (χ0v) is 17.7. The molecule has 0 unspecified atom stereocenters. The van der Waals surface area contributed by atoms with Crippen LogP contribution in [0.1, 0.15) is 27.8 Å². The van der Waals surface area contributed by atoms with Gasteiger partial charge in [-0.15, -0.1) is 0 Å². The summed E-state index contributed by atoms with van der Waals surface area (Å²) < 4.78 is 17.2. The molecule has 0 aliphatic carbocycles. The largest absolute Gasteiger partial charge is 0.497 e. The minimum absolute atomic E-state index is 0.254. The number of nitrogens with one attached hydrogen (secondary N) is 2. The van der Waals surface area contributed by atoms with Crippen molar-refractivity contribution in [1.82, 2.24) is 19.8 Å². The predicted molar refractivity (Wildman–Crippen MR) is 116 cm³/mol. The van der Waals surface area contributed by atoms with Gasteiger partial charge >= 0.3 is 5.97 Å². The van der Waals surface area contributed by atoms with E-state index in [0.717, 1.165) is 0 Å². The number of anilines is 1. The molecule has 0 saturated heterocycles. The number of rotatable bonds is 7. The first-order valence-electron chi connectivity index (χ1n) is 9.77. The molecular weight excluding hydrogens is 414 g/mol. The highest BCUT2D eigenvalue weighted by atomic mass is 16.5. The molecule has 1 amide bonds. The Kier molecular flexibility index (Phi) is 5.75. The Balaban J connectivity index is 1.58. The third-order valence-corrected chi connectivity index (χ3v) is 4.78. The van der Waals surface area contributed by atoms with E-state index in [2.05, 4.69) is 20.6 Å². The third-order valence-electron chi connectivity index (χ3n) is 4.78. The Morgan fingerprint density at radius 3 is 2.72 bits per heavy atom. The van der Waals surface area contributed by atoms with E-state index in [1.54, 1.807) is 63.7 Å². The van der Waals surface area contributed by atoms with Crippen molar-refractivity contribution >= 4 is 23.1 Å². The maximum atomic E-state index is 12.8. The Labute approximate surface area is 183 Å². The molecule has 0 aliphatic heterocycles. The zero-order valence-electron chi connectivity index (χ0n) is 17.7. The Morgan fingerprint density at radius 2 is 1.97 bits per heavy atom. The second kappa shape index (κ2) is 8.80. The molecule has 2 N–H and O–H groups in total. The predicted octanol–water partition coefficient (Wildman–Crippen LogP) is 3.17. The number of H-pyrrole nitrogens is 1. The molecule has 1 aromatic carbocycles. The van der Waals surface area contributed by atoms with Crippen molar-refractivity contribution in [1.29, 1.82) is 0 Å². The number of nitrogens with zero attached hydrogens (tertiary/aromatic N) is 3. The van der Waals surface area contributed by atoms with Crippen LogP contribution >= 0.6 is 0 Å². The van der Waals surface area contributed by atoms with Gasteiger partial charge in [0.15, 0.2) is 0 Å². The van der Waals surface area contributed by atoms with Gasteiger partial charge in [0.1, 0.15) is 22.8 Å². The normalized spacial score (nSPS) is 10.7. The van der Waals surface area contributed by atoms with Crippen molar-refractivity contribution in [3.8, 4) is 22.8 Å². The smallest absolute Gasteiger partial charge is 0.341 e. The lowest BCUT2D eigenvalue weighted by Gasteiger charge is -2.08. The molecule has 3 heterocycles. The van der Waals surface area contributed by atoms with Crippen LogP contribution < -0.4 is 14.8 Å². The summed E-state index contributed by atoms with van der Waals surface area (Å²) in [4.78, 5) is 24.9. The number of hydrogen-bond acceptors (Lipinski definition) is 7. The lowest BCUT2D eigenvalue weighted by atomic mass is 10.1. The van der Waals surface area contributed by atoms with Gasteiger partial charge in [-0.3, -0.25) is 9.89 Å². The maximum absolute atomic E-state index is 12.8. The van der Waals surface area contributed by atoms with Crippen LogP contribution in [0.5, 0.6) is 11.5 Å². The summed E-state index contributed by atoms with van der Waals surface area (Å²) in [7, 11) is 3.13. The fourth-order valence-electron chi connectivity index (χ4n) is 3.21. The van der Waals surface area contributed by atoms with Crippen LogP contribution in [0.25, 0.3) is 16.8 Å². The van der Waals surface area contributed by atoms with Crippen molar-refractivity contribution in [2.75, 3.05) is 26.1 Å². The molecule has 10 nitrogen and oxygen atoms in total. The lowest BCUT2D eigenvalue weighted by Crippen LogP contribution is -2.12. The molecule has 0 atom stereocenters. The number of ether oxygens (including phenoxy) is 3. The van der Waals surface area contributed by atoms with Crippen LogP contribution in [-0.4, -0.2) is 52.5 Å². The number of hydrogen-bond donors (Lipinski definition) is 2. The molecule has 0 radical (unpaired) electrons. The minimum Gasteiger partial charge on any atom is -0.497 e. The van der Waals surface area contributed by atoms with Crippen LogP contribution in [0, 0.1) is 0 Å². The molecule has 0 spiro atoms. The van der Waals surface area contributed by atoms with Crippen LogP contribution in [0.2, 0.25) is 0 Å². The summed E-state index contributed by atoms with van der Waals surface area (Å²) in [5.41, 5.74) is 2.79. The van der Waals surface area contributed by atoms with Crippen molar-refractivity contribution in [2.24, 2.45) is 0 Å².